The average molecular weight is 350 g/mol. The molecule has 0 saturated heterocycles. The van der Waals surface area contributed by atoms with Gasteiger partial charge in [0.15, 0.2) is 5.96 Å². The molecule has 0 unspecified atom stereocenters. The van der Waals surface area contributed by atoms with Crippen LogP contribution in [0.2, 0.25) is 0 Å². The molecule has 6 nitrogen and oxygen atoms in total. The number of nitrogens with zero attached hydrogens (tertiary/aromatic N) is 2. The van der Waals surface area contributed by atoms with E-state index in [-0.39, 0.29) is 5.96 Å². The van der Waals surface area contributed by atoms with Gasteiger partial charge in [0, 0.05) is 5.39 Å². The zero-order valence-corrected chi connectivity index (χ0v) is 15.1. The number of hydrogen-bond donors (Lipinski definition) is 2. The molecule has 0 radical (unpaired) electrons. The maximum Gasteiger partial charge on any atom is 0.419 e. The smallest absolute Gasteiger partial charge is 0.419 e. The highest BCUT2D eigenvalue weighted by atomic mass is 16.6. The summed E-state index contributed by atoms with van der Waals surface area (Å²) in [7, 11) is 0. The van der Waals surface area contributed by atoms with E-state index in [2.05, 4.69) is 4.99 Å². The predicted molar refractivity (Wildman–Crippen MR) is 104 cm³/mol. The Hall–Kier alpha value is -3.28. The fourth-order valence-corrected chi connectivity index (χ4v) is 2.73. The highest BCUT2D eigenvalue weighted by Crippen LogP contribution is 2.30. The van der Waals surface area contributed by atoms with Crippen LogP contribution in [0.25, 0.3) is 22.2 Å². The van der Waals surface area contributed by atoms with E-state index < -0.39 is 11.7 Å². The summed E-state index contributed by atoms with van der Waals surface area (Å²) in [5.74, 6) is 0.000573. The van der Waals surface area contributed by atoms with Crippen LogP contribution in [0.4, 0.5) is 10.5 Å². The number of benzene rings is 2. The third-order valence-electron chi connectivity index (χ3n) is 3.71. The van der Waals surface area contributed by atoms with Crippen molar-refractivity contribution in [3.63, 3.8) is 0 Å². The van der Waals surface area contributed by atoms with Gasteiger partial charge in [-0.25, -0.2) is 14.4 Å². The lowest BCUT2D eigenvalue weighted by Gasteiger charge is -2.21. The third kappa shape index (κ3) is 3.69. The Morgan fingerprint density at radius 3 is 2.31 bits per heavy atom. The van der Waals surface area contributed by atoms with Crippen LogP contribution < -0.4 is 11.5 Å². The number of carbonyl (C=O) groups is 1. The minimum absolute atomic E-state index is 0.000573. The second kappa shape index (κ2) is 6.55. The Morgan fingerprint density at radius 2 is 1.69 bits per heavy atom. The number of para-hydroxylation sites is 1. The van der Waals surface area contributed by atoms with Gasteiger partial charge in [-0.15, -0.1) is 0 Å². The lowest BCUT2D eigenvalue weighted by Crippen LogP contribution is -2.27. The second-order valence-electron chi connectivity index (χ2n) is 6.99. The molecule has 0 amide bonds. The zero-order chi connectivity index (χ0) is 18.9. The van der Waals surface area contributed by atoms with E-state index in [1.807, 2.05) is 63.2 Å². The van der Waals surface area contributed by atoms with Gasteiger partial charge in [-0.2, -0.15) is 0 Å². The molecule has 0 aliphatic heterocycles. The van der Waals surface area contributed by atoms with Crippen LogP contribution in [0.5, 0.6) is 0 Å². The molecule has 4 N–H and O–H groups in total. The molecule has 0 atom stereocenters. The summed E-state index contributed by atoms with van der Waals surface area (Å²) in [5, 5.41) is 0.960. The summed E-state index contributed by atoms with van der Waals surface area (Å²) in [6.07, 6.45) is -0.415. The van der Waals surface area contributed by atoms with Gasteiger partial charge < -0.3 is 16.2 Å². The van der Waals surface area contributed by atoms with Crippen LogP contribution in [-0.2, 0) is 4.74 Å². The summed E-state index contributed by atoms with van der Waals surface area (Å²) >= 11 is 0. The van der Waals surface area contributed by atoms with Crippen molar-refractivity contribution in [2.24, 2.45) is 16.5 Å². The van der Waals surface area contributed by atoms with E-state index in [1.165, 1.54) is 0 Å². The first-order valence-corrected chi connectivity index (χ1v) is 8.28. The van der Waals surface area contributed by atoms with E-state index in [9.17, 15) is 4.79 Å². The number of ether oxygens (including phenoxy) is 1. The van der Waals surface area contributed by atoms with E-state index in [0.29, 0.717) is 5.69 Å². The molecule has 6 heteroatoms. The van der Waals surface area contributed by atoms with Crippen molar-refractivity contribution in [3.8, 4) is 11.3 Å². The van der Waals surface area contributed by atoms with Crippen molar-refractivity contribution in [1.82, 2.24) is 4.57 Å². The number of nitrogens with two attached hydrogens (primary N) is 2. The molecule has 1 aromatic heterocycles. The molecule has 0 aliphatic carbocycles. The van der Waals surface area contributed by atoms with Gasteiger partial charge in [0.05, 0.1) is 16.9 Å². The highest BCUT2D eigenvalue weighted by Gasteiger charge is 2.22. The molecule has 134 valence electrons. The van der Waals surface area contributed by atoms with Crippen molar-refractivity contribution in [2.45, 2.75) is 26.4 Å². The van der Waals surface area contributed by atoms with Gasteiger partial charge in [0.1, 0.15) is 5.60 Å². The van der Waals surface area contributed by atoms with Crippen molar-refractivity contribution in [1.29, 1.82) is 0 Å². The van der Waals surface area contributed by atoms with Crippen molar-refractivity contribution in [2.75, 3.05) is 0 Å². The summed E-state index contributed by atoms with van der Waals surface area (Å²) in [6.45, 7) is 5.54. The van der Waals surface area contributed by atoms with Gasteiger partial charge in [-0.1, -0.05) is 30.3 Å². The molecular weight excluding hydrogens is 328 g/mol. The first-order chi connectivity index (χ1) is 12.2. The van der Waals surface area contributed by atoms with E-state index in [4.69, 9.17) is 16.2 Å². The Kier molecular flexibility index (Phi) is 4.42. The van der Waals surface area contributed by atoms with Crippen LogP contribution >= 0.6 is 0 Å². The van der Waals surface area contributed by atoms with Crippen molar-refractivity contribution < 1.29 is 9.53 Å². The topological polar surface area (TPSA) is 95.6 Å². The number of aromatic nitrogens is 1. The molecule has 26 heavy (non-hydrogen) atoms. The maximum atomic E-state index is 12.8. The molecule has 3 aromatic rings. The minimum atomic E-state index is -0.586. The molecule has 0 bridgehead atoms. The third-order valence-corrected chi connectivity index (χ3v) is 3.71. The van der Waals surface area contributed by atoms with Crippen LogP contribution in [0, 0.1) is 0 Å². The molecular formula is C20H22N4O2. The number of aliphatic imine (C=N–C) groups is 1. The summed E-state index contributed by atoms with van der Waals surface area (Å²) in [4.78, 5) is 16.8. The van der Waals surface area contributed by atoms with Gasteiger partial charge in [0.2, 0.25) is 0 Å². The standard InChI is InChI=1S/C20H22N4O2/c1-20(2,3)26-19(25)24-16-7-5-4-6-14(16)12-17(24)13-8-10-15(11-9-13)23-18(21)22/h4-12H,1-3H3,(H4,21,22,23). The van der Waals surface area contributed by atoms with E-state index in [0.717, 1.165) is 22.2 Å². The van der Waals surface area contributed by atoms with Gasteiger partial charge in [0.25, 0.3) is 0 Å². The molecule has 1 heterocycles. The highest BCUT2D eigenvalue weighted by molar-refractivity contribution is 5.96. The molecule has 0 saturated carbocycles. The Morgan fingerprint density at radius 1 is 1.04 bits per heavy atom. The fraction of sp³-hybridized carbons (Fsp3) is 0.200. The first kappa shape index (κ1) is 17.5. The first-order valence-electron chi connectivity index (χ1n) is 8.28. The van der Waals surface area contributed by atoms with Gasteiger partial charge in [-0.05, 0) is 50.6 Å². The summed E-state index contributed by atoms with van der Waals surface area (Å²) in [6, 6.07) is 17.0. The van der Waals surface area contributed by atoms with E-state index in [1.54, 1.807) is 16.7 Å². The minimum Gasteiger partial charge on any atom is -0.443 e. The summed E-state index contributed by atoms with van der Waals surface area (Å²) in [5.41, 5.74) is 13.3. The monoisotopic (exact) mass is 350 g/mol. The van der Waals surface area contributed by atoms with Crippen LogP contribution in [0.3, 0.4) is 0 Å². The number of rotatable bonds is 2. The van der Waals surface area contributed by atoms with E-state index >= 15 is 0 Å². The number of carbonyl (C=O) groups excluding carboxylic acids is 1. The lowest BCUT2D eigenvalue weighted by molar-refractivity contribution is 0.0547. The number of hydrogen-bond acceptors (Lipinski definition) is 3. The fourth-order valence-electron chi connectivity index (χ4n) is 2.73. The molecule has 0 fully saturated rings. The Bertz CT molecular complexity index is 975. The van der Waals surface area contributed by atoms with Crippen LogP contribution in [-0.4, -0.2) is 22.2 Å². The van der Waals surface area contributed by atoms with Crippen molar-refractivity contribution in [3.05, 3.63) is 54.6 Å². The SMILES string of the molecule is CC(C)(C)OC(=O)n1c(-c2ccc(N=C(N)N)cc2)cc2ccccc21. The maximum absolute atomic E-state index is 12.8. The lowest BCUT2D eigenvalue weighted by atomic mass is 10.1. The number of guanidine groups is 1. The van der Waals surface area contributed by atoms with Crippen molar-refractivity contribution >= 4 is 28.6 Å². The molecule has 3 rings (SSSR count). The normalized spacial score (nSPS) is 11.3. The Labute approximate surface area is 152 Å². The van der Waals surface area contributed by atoms with Gasteiger partial charge in [-0.3, -0.25) is 0 Å². The van der Waals surface area contributed by atoms with Crippen LogP contribution in [0.15, 0.2) is 59.6 Å². The quantitative estimate of drug-likeness (QED) is 0.539. The largest absolute Gasteiger partial charge is 0.443 e. The van der Waals surface area contributed by atoms with Crippen LogP contribution in [0.1, 0.15) is 20.8 Å². The molecule has 0 aliphatic rings. The number of fused-ring (bicyclic) bond motifs is 1. The average Bonchev–Trinajstić information content (AvgIpc) is 2.93. The zero-order valence-electron chi connectivity index (χ0n) is 15.1. The molecule has 0 spiro atoms. The molecule has 2 aromatic carbocycles. The van der Waals surface area contributed by atoms with Gasteiger partial charge >= 0.3 is 6.09 Å². The second-order valence-corrected chi connectivity index (χ2v) is 6.99. The Balaban J connectivity index is 2.12. The predicted octanol–water partition coefficient (Wildman–Crippen LogP) is 4.00. The summed E-state index contributed by atoms with van der Waals surface area (Å²) < 4.78 is 7.19.